The Hall–Kier alpha value is -1.85. The summed E-state index contributed by atoms with van der Waals surface area (Å²) < 4.78 is 11.3. The monoisotopic (exact) mass is 400 g/mol. The molecule has 0 radical (unpaired) electrons. The van der Waals surface area contributed by atoms with E-state index in [0.717, 1.165) is 24.6 Å². The van der Waals surface area contributed by atoms with Crippen LogP contribution in [0.1, 0.15) is 53.4 Å². The summed E-state index contributed by atoms with van der Waals surface area (Å²) in [5, 5.41) is 23.1. The second kappa shape index (κ2) is 6.85. The molecular weight excluding hydrogens is 368 g/mol. The van der Waals surface area contributed by atoms with Crippen molar-refractivity contribution in [2.75, 3.05) is 6.61 Å². The molecule has 2 fully saturated rings. The third-order valence-corrected chi connectivity index (χ3v) is 8.26. The van der Waals surface area contributed by atoms with Gasteiger partial charge in [-0.05, 0) is 67.6 Å². The van der Waals surface area contributed by atoms with E-state index in [9.17, 15) is 15.0 Å². The molecule has 5 atom stereocenters. The van der Waals surface area contributed by atoms with Crippen molar-refractivity contribution in [2.24, 2.45) is 22.7 Å². The molecule has 2 aliphatic rings. The third kappa shape index (κ3) is 3.19. The third-order valence-electron chi connectivity index (χ3n) is 8.26. The largest absolute Gasteiger partial charge is 0.493 e. The molecule has 2 saturated carbocycles. The van der Waals surface area contributed by atoms with E-state index < -0.39 is 5.60 Å². The van der Waals surface area contributed by atoms with Crippen LogP contribution in [-0.4, -0.2) is 28.5 Å². The van der Waals surface area contributed by atoms with Gasteiger partial charge < -0.3 is 19.4 Å². The minimum atomic E-state index is -0.892. The first-order valence-corrected chi connectivity index (χ1v) is 10.6. The zero-order chi connectivity index (χ0) is 21.0. The fourth-order valence-corrected chi connectivity index (χ4v) is 6.02. The molecule has 1 aromatic carbocycles. The van der Waals surface area contributed by atoms with Gasteiger partial charge in [0.15, 0.2) is 0 Å². The summed E-state index contributed by atoms with van der Waals surface area (Å²) >= 11 is 0. The van der Waals surface area contributed by atoms with Gasteiger partial charge in [-0.2, -0.15) is 0 Å². The van der Waals surface area contributed by atoms with E-state index in [1.165, 1.54) is 6.07 Å². The van der Waals surface area contributed by atoms with Crippen LogP contribution in [0.25, 0.3) is 11.0 Å². The lowest BCUT2D eigenvalue weighted by molar-refractivity contribution is -0.227. The normalized spacial score (nSPS) is 36.6. The van der Waals surface area contributed by atoms with E-state index in [1.54, 1.807) is 12.1 Å². The fraction of sp³-hybridized carbons (Fsp3) is 0.625. The van der Waals surface area contributed by atoms with Gasteiger partial charge in [0, 0.05) is 23.4 Å². The lowest BCUT2D eigenvalue weighted by atomic mass is 9.44. The summed E-state index contributed by atoms with van der Waals surface area (Å²) in [5.41, 5.74) is -1.25. The maximum absolute atomic E-state index is 11.7. The second-order valence-corrected chi connectivity index (χ2v) is 10.0. The standard InChI is InChI=1S/C24H32O5/c1-22(2)19-9-7-16(24(4,27)23(19,3)12-11-20(22)25)14-28-17-8-5-15-6-10-21(26)29-18(15)13-17/h5-6,8,10,13,16,19-20,25,27H,7,9,11-12,14H2,1-4H3/t16-,19-,20-,23+,24-/m0/s1. The van der Waals surface area contributed by atoms with Gasteiger partial charge in [0.25, 0.3) is 0 Å². The molecule has 2 aromatic rings. The average molecular weight is 401 g/mol. The highest BCUT2D eigenvalue weighted by Crippen LogP contribution is 2.62. The van der Waals surface area contributed by atoms with Crippen LogP contribution in [0.4, 0.5) is 0 Å². The first kappa shape index (κ1) is 20.4. The number of hydrogen-bond donors (Lipinski definition) is 2. The SMILES string of the molecule is CC1(C)[C@@H](O)CC[C@]2(C)[C@H]1CC[C@@H](COc1ccc3ccc(=O)oc3c1)[C@]2(C)O. The number of ether oxygens (including phenoxy) is 1. The molecule has 0 saturated heterocycles. The zero-order valence-electron chi connectivity index (χ0n) is 17.8. The summed E-state index contributed by atoms with van der Waals surface area (Å²) in [6.45, 7) is 8.80. The smallest absolute Gasteiger partial charge is 0.336 e. The van der Waals surface area contributed by atoms with Crippen molar-refractivity contribution in [1.29, 1.82) is 0 Å². The summed E-state index contributed by atoms with van der Waals surface area (Å²) in [5.74, 6) is 0.891. The summed E-state index contributed by atoms with van der Waals surface area (Å²) in [7, 11) is 0. The lowest BCUT2D eigenvalue weighted by Gasteiger charge is -2.63. The fourth-order valence-electron chi connectivity index (χ4n) is 6.02. The number of aliphatic hydroxyl groups excluding tert-OH is 1. The Labute approximate surface area is 171 Å². The lowest BCUT2D eigenvalue weighted by Crippen LogP contribution is -2.64. The highest BCUT2D eigenvalue weighted by Gasteiger charge is 2.62. The highest BCUT2D eigenvalue weighted by molar-refractivity contribution is 5.77. The Morgan fingerprint density at radius 2 is 1.83 bits per heavy atom. The molecular formula is C24H32O5. The molecule has 1 aromatic heterocycles. The Morgan fingerprint density at radius 3 is 2.59 bits per heavy atom. The summed E-state index contributed by atoms with van der Waals surface area (Å²) in [6, 6.07) is 8.61. The van der Waals surface area contributed by atoms with Crippen LogP contribution in [0.3, 0.4) is 0 Å². The van der Waals surface area contributed by atoms with Gasteiger partial charge in [-0.15, -0.1) is 0 Å². The maximum atomic E-state index is 11.7. The topological polar surface area (TPSA) is 79.9 Å². The molecule has 4 rings (SSSR count). The molecule has 5 nitrogen and oxygen atoms in total. The molecule has 5 heteroatoms. The van der Waals surface area contributed by atoms with E-state index in [2.05, 4.69) is 20.8 Å². The number of aliphatic hydroxyl groups is 2. The first-order valence-electron chi connectivity index (χ1n) is 10.6. The summed E-state index contributed by atoms with van der Waals surface area (Å²) in [6.07, 6.45) is 3.03. The molecule has 0 aliphatic heterocycles. The molecule has 0 amide bonds. The molecule has 29 heavy (non-hydrogen) atoms. The van der Waals surface area contributed by atoms with Crippen molar-refractivity contribution in [1.82, 2.24) is 0 Å². The van der Waals surface area contributed by atoms with Gasteiger partial charge >= 0.3 is 5.63 Å². The van der Waals surface area contributed by atoms with E-state index in [-0.39, 0.29) is 34.4 Å². The van der Waals surface area contributed by atoms with Crippen LogP contribution in [0.15, 0.2) is 39.5 Å². The van der Waals surface area contributed by atoms with Gasteiger partial charge in [0.2, 0.25) is 0 Å². The number of fused-ring (bicyclic) bond motifs is 2. The van der Waals surface area contributed by atoms with E-state index in [4.69, 9.17) is 9.15 Å². The summed E-state index contributed by atoms with van der Waals surface area (Å²) in [4.78, 5) is 11.5. The second-order valence-electron chi connectivity index (χ2n) is 10.0. The van der Waals surface area contributed by atoms with E-state index in [0.29, 0.717) is 24.4 Å². The Bertz CT molecular complexity index is 959. The molecule has 2 aliphatic carbocycles. The van der Waals surface area contributed by atoms with Crippen molar-refractivity contribution in [3.8, 4) is 5.75 Å². The van der Waals surface area contributed by atoms with Crippen LogP contribution in [-0.2, 0) is 0 Å². The van der Waals surface area contributed by atoms with Crippen molar-refractivity contribution in [3.05, 3.63) is 40.8 Å². The number of hydrogen-bond acceptors (Lipinski definition) is 5. The Balaban J connectivity index is 1.54. The molecule has 158 valence electrons. The zero-order valence-corrected chi connectivity index (χ0v) is 17.8. The van der Waals surface area contributed by atoms with Gasteiger partial charge in [0.1, 0.15) is 11.3 Å². The van der Waals surface area contributed by atoms with Crippen molar-refractivity contribution >= 4 is 11.0 Å². The average Bonchev–Trinajstić information content (AvgIpc) is 2.65. The van der Waals surface area contributed by atoms with Gasteiger partial charge in [-0.1, -0.05) is 20.8 Å². The first-order chi connectivity index (χ1) is 13.6. The van der Waals surface area contributed by atoms with Gasteiger partial charge in [-0.25, -0.2) is 4.79 Å². The van der Waals surface area contributed by atoms with Crippen LogP contribution in [0.2, 0.25) is 0 Å². The Kier molecular flexibility index (Phi) is 4.82. The maximum Gasteiger partial charge on any atom is 0.336 e. The van der Waals surface area contributed by atoms with Crippen LogP contribution < -0.4 is 10.4 Å². The molecule has 1 heterocycles. The van der Waals surface area contributed by atoms with Crippen LogP contribution in [0, 0.1) is 22.7 Å². The predicted octanol–water partition coefficient (Wildman–Crippen LogP) is 4.14. The number of rotatable bonds is 3. The van der Waals surface area contributed by atoms with Crippen molar-refractivity contribution < 1.29 is 19.4 Å². The van der Waals surface area contributed by atoms with Crippen molar-refractivity contribution in [2.45, 2.75) is 65.1 Å². The quantitative estimate of drug-likeness (QED) is 0.757. The minimum absolute atomic E-state index is 0.00623. The molecule has 0 unspecified atom stereocenters. The molecule has 2 N–H and O–H groups in total. The van der Waals surface area contributed by atoms with E-state index in [1.807, 2.05) is 19.1 Å². The van der Waals surface area contributed by atoms with E-state index >= 15 is 0 Å². The molecule has 0 spiro atoms. The minimum Gasteiger partial charge on any atom is -0.493 e. The highest BCUT2D eigenvalue weighted by atomic mass is 16.5. The Morgan fingerprint density at radius 1 is 1.10 bits per heavy atom. The predicted molar refractivity (Wildman–Crippen MR) is 112 cm³/mol. The van der Waals surface area contributed by atoms with Crippen LogP contribution >= 0.6 is 0 Å². The number of benzene rings is 1. The van der Waals surface area contributed by atoms with Crippen LogP contribution in [0.5, 0.6) is 5.75 Å². The van der Waals surface area contributed by atoms with Gasteiger partial charge in [-0.3, -0.25) is 0 Å². The molecule has 0 bridgehead atoms. The van der Waals surface area contributed by atoms with Crippen molar-refractivity contribution in [3.63, 3.8) is 0 Å². The van der Waals surface area contributed by atoms with Gasteiger partial charge in [0.05, 0.1) is 18.3 Å².